The molecule has 0 aliphatic carbocycles. The molecule has 1 aromatic carbocycles. The molecule has 4 rings (SSSR count). The molecule has 0 spiro atoms. The van der Waals surface area contributed by atoms with Crippen molar-refractivity contribution in [2.24, 2.45) is 5.41 Å². The molecule has 0 saturated carbocycles. The van der Waals surface area contributed by atoms with E-state index in [0.717, 1.165) is 49.8 Å². The number of nitrogens with one attached hydrogen (secondary N) is 3. The summed E-state index contributed by atoms with van der Waals surface area (Å²) in [5, 5.41) is 8.43. The van der Waals surface area contributed by atoms with Crippen LogP contribution in [0.1, 0.15) is 31.2 Å². The van der Waals surface area contributed by atoms with Gasteiger partial charge in [0.05, 0.1) is 24.9 Å². The van der Waals surface area contributed by atoms with E-state index in [1.165, 1.54) is 16.9 Å². The van der Waals surface area contributed by atoms with Gasteiger partial charge >= 0.3 is 6.03 Å². The Morgan fingerprint density at radius 2 is 1.94 bits per heavy atom. The molecule has 1 saturated heterocycles. The number of benzene rings is 1. The van der Waals surface area contributed by atoms with E-state index in [-0.39, 0.29) is 17.5 Å². The van der Waals surface area contributed by atoms with Gasteiger partial charge in [-0.1, -0.05) is 38.5 Å². The summed E-state index contributed by atoms with van der Waals surface area (Å²) in [7, 11) is 0. The number of rotatable bonds is 6. The Labute approximate surface area is 200 Å². The second kappa shape index (κ2) is 10.2. The van der Waals surface area contributed by atoms with Gasteiger partial charge < -0.3 is 4.74 Å². The first-order chi connectivity index (χ1) is 15.8. The van der Waals surface area contributed by atoms with Crippen molar-refractivity contribution < 1.29 is 9.53 Å². The third kappa shape index (κ3) is 6.32. The van der Waals surface area contributed by atoms with E-state index in [1.807, 2.05) is 23.3 Å². The molecule has 33 heavy (non-hydrogen) atoms. The molecule has 2 aliphatic heterocycles. The predicted octanol–water partition coefficient (Wildman–Crippen LogP) is 3.73. The minimum absolute atomic E-state index is 0.00640. The Bertz CT molecular complexity index is 976. The quantitative estimate of drug-likeness (QED) is 0.597. The zero-order chi connectivity index (χ0) is 23.4. The van der Waals surface area contributed by atoms with Crippen LogP contribution in [-0.2, 0) is 11.2 Å². The summed E-state index contributed by atoms with van der Waals surface area (Å²) in [6, 6.07) is 8.00. The van der Waals surface area contributed by atoms with Crippen molar-refractivity contribution in [2.45, 2.75) is 40.2 Å². The van der Waals surface area contributed by atoms with Crippen LogP contribution in [0.15, 0.2) is 42.4 Å². The summed E-state index contributed by atoms with van der Waals surface area (Å²) < 4.78 is 5.40. The highest BCUT2D eigenvalue weighted by Crippen LogP contribution is 2.29. The number of aromatic nitrogens is 1. The largest absolute Gasteiger partial charge is 0.379 e. The number of hydrogen-bond acceptors (Lipinski definition) is 7. The van der Waals surface area contributed by atoms with Gasteiger partial charge in [0.1, 0.15) is 5.82 Å². The van der Waals surface area contributed by atoms with Crippen LogP contribution in [-0.4, -0.2) is 54.8 Å². The number of aryl methyl sites for hydroxylation is 1. The van der Waals surface area contributed by atoms with Crippen molar-refractivity contribution in [2.75, 3.05) is 43.2 Å². The highest BCUT2D eigenvalue weighted by Gasteiger charge is 2.33. The maximum absolute atomic E-state index is 12.8. The van der Waals surface area contributed by atoms with Gasteiger partial charge in [-0.25, -0.2) is 15.2 Å². The van der Waals surface area contributed by atoms with Crippen molar-refractivity contribution >= 4 is 28.2 Å². The Balaban J connectivity index is 1.37. The van der Waals surface area contributed by atoms with Crippen molar-refractivity contribution in [3.8, 4) is 0 Å². The number of carbonyl (C=O) groups excluding carboxylic acids is 1. The fraction of sp³-hybridized carbons (Fsp3) is 0.500. The zero-order valence-corrected chi connectivity index (χ0v) is 20.7. The standard InChI is InChI=1S/C24H34N6O2S/c1-17-5-7-18(8-6-17)30-21(15-20(28-30)24(2,3)4)26-22(31)27-23-25-16-19(33-23)9-10-29-11-13-32-14-12-29/h5-8,15-16,20,28H,9-14H2,1-4H3,(H2,25,26,27,31). The Hall–Kier alpha value is -2.46. The maximum atomic E-state index is 12.8. The number of carbonyl (C=O) groups is 1. The molecule has 2 aromatic rings. The molecule has 0 bridgehead atoms. The minimum Gasteiger partial charge on any atom is -0.379 e. The third-order valence-electron chi connectivity index (χ3n) is 5.85. The number of amides is 2. The van der Waals surface area contributed by atoms with Gasteiger partial charge in [-0.3, -0.25) is 20.5 Å². The normalized spacial score (nSPS) is 19.5. The van der Waals surface area contributed by atoms with E-state index in [2.05, 4.69) is 71.8 Å². The summed E-state index contributed by atoms with van der Waals surface area (Å²) in [5.41, 5.74) is 5.66. The van der Waals surface area contributed by atoms with E-state index < -0.39 is 0 Å². The summed E-state index contributed by atoms with van der Waals surface area (Å²) in [6.45, 7) is 13.1. The number of nitrogens with zero attached hydrogens (tertiary/aromatic N) is 3. The molecule has 2 amide bonds. The molecule has 1 aromatic heterocycles. The maximum Gasteiger partial charge on any atom is 0.326 e. The van der Waals surface area contributed by atoms with E-state index in [1.54, 1.807) is 0 Å². The second-order valence-electron chi connectivity index (χ2n) is 9.61. The molecule has 0 radical (unpaired) electrons. The zero-order valence-electron chi connectivity index (χ0n) is 19.9. The average molecular weight is 471 g/mol. The third-order valence-corrected chi connectivity index (χ3v) is 6.83. The number of urea groups is 1. The summed E-state index contributed by atoms with van der Waals surface area (Å²) in [4.78, 5) is 20.7. The van der Waals surface area contributed by atoms with Crippen LogP contribution in [0.3, 0.4) is 0 Å². The lowest BCUT2D eigenvalue weighted by Crippen LogP contribution is -2.46. The SMILES string of the molecule is Cc1ccc(N2NC(C(C)(C)C)C=C2NC(=O)Nc2ncc(CCN3CCOCC3)s2)cc1. The highest BCUT2D eigenvalue weighted by atomic mass is 32.1. The first-order valence-electron chi connectivity index (χ1n) is 11.5. The van der Waals surface area contributed by atoms with Gasteiger partial charge in [0, 0.05) is 30.7 Å². The summed E-state index contributed by atoms with van der Waals surface area (Å²) >= 11 is 1.52. The Morgan fingerprint density at radius 1 is 1.21 bits per heavy atom. The van der Waals surface area contributed by atoms with E-state index in [9.17, 15) is 4.79 Å². The number of hydrogen-bond donors (Lipinski definition) is 3. The fourth-order valence-corrected chi connectivity index (χ4v) is 4.54. The van der Waals surface area contributed by atoms with Crippen LogP contribution in [0.5, 0.6) is 0 Å². The van der Waals surface area contributed by atoms with Gasteiger partial charge in [-0.2, -0.15) is 0 Å². The van der Waals surface area contributed by atoms with Crippen LogP contribution in [0.25, 0.3) is 0 Å². The molecule has 1 fully saturated rings. The van der Waals surface area contributed by atoms with E-state index in [0.29, 0.717) is 11.0 Å². The van der Waals surface area contributed by atoms with Crippen molar-refractivity contribution in [3.63, 3.8) is 0 Å². The molecule has 2 aliphatic rings. The molecular formula is C24H34N6O2S. The average Bonchev–Trinajstić information content (AvgIpc) is 3.40. The van der Waals surface area contributed by atoms with Gasteiger partial charge in [0.2, 0.25) is 0 Å². The van der Waals surface area contributed by atoms with Crippen molar-refractivity contribution in [1.29, 1.82) is 0 Å². The number of morpholine rings is 1. The number of hydrazine groups is 1. The van der Waals surface area contributed by atoms with Crippen LogP contribution in [0, 0.1) is 12.3 Å². The lowest BCUT2D eigenvalue weighted by molar-refractivity contribution is 0.0385. The Kier molecular flexibility index (Phi) is 7.33. The predicted molar refractivity (Wildman–Crippen MR) is 133 cm³/mol. The molecule has 178 valence electrons. The molecule has 1 atom stereocenters. The van der Waals surface area contributed by atoms with E-state index in [4.69, 9.17) is 4.74 Å². The van der Waals surface area contributed by atoms with Crippen LogP contribution in [0.4, 0.5) is 15.6 Å². The molecule has 3 heterocycles. The number of thiazole rings is 1. The first kappa shape index (κ1) is 23.7. The first-order valence-corrected chi connectivity index (χ1v) is 12.3. The topological polar surface area (TPSA) is 81.8 Å². The lowest BCUT2D eigenvalue weighted by atomic mass is 9.87. The summed E-state index contributed by atoms with van der Waals surface area (Å²) in [5.74, 6) is 0.709. The van der Waals surface area contributed by atoms with Gasteiger partial charge in [0.25, 0.3) is 0 Å². The number of ether oxygens (including phenoxy) is 1. The van der Waals surface area contributed by atoms with Gasteiger partial charge in [-0.05, 0) is 37.0 Å². The fourth-order valence-electron chi connectivity index (χ4n) is 3.75. The van der Waals surface area contributed by atoms with E-state index >= 15 is 0 Å². The molecule has 1 unspecified atom stereocenters. The molecule has 9 heteroatoms. The smallest absolute Gasteiger partial charge is 0.326 e. The van der Waals surface area contributed by atoms with Crippen molar-refractivity contribution in [1.82, 2.24) is 20.6 Å². The molecule has 3 N–H and O–H groups in total. The lowest BCUT2D eigenvalue weighted by Gasteiger charge is -2.29. The van der Waals surface area contributed by atoms with Gasteiger partial charge in [-0.15, -0.1) is 11.3 Å². The number of anilines is 2. The highest BCUT2D eigenvalue weighted by molar-refractivity contribution is 7.15. The van der Waals surface area contributed by atoms with Crippen LogP contribution in [0.2, 0.25) is 0 Å². The van der Waals surface area contributed by atoms with Gasteiger partial charge in [0.15, 0.2) is 5.13 Å². The van der Waals surface area contributed by atoms with Crippen molar-refractivity contribution in [3.05, 3.63) is 52.8 Å². The van der Waals surface area contributed by atoms with Crippen LogP contribution < -0.4 is 21.1 Å². The molecular weight excluding hydrogens is 436 g/mol. The second-order valence-corrected chi connectivity index (χ2v) is 10.7. The summed E-state index contributed by atoms with van der Waals surface area (Å²) in [6.07, 6.45) is 4.84. The Morgan fingerprint density at radius 3 is 2.64 bits per heavy atom. The monoisotopic (exact) mass is 470 g/mol. The molecule has 8 nitrogen and oxygen atoms in total. The van der Waals surface area contributed by atoms with Crippen LogP contribution >= 0.6 is 11.3 Å². The minimum atomic E-state index is -0.302.